The van der Waals surface area contributed by atoms with Crippen LogP contribution in [0, 0.1) is 0 Å². The number of nitrogens with zero attached hydrogens (tertiary/aromatic N) is 1. The Labute approximate surface area is 75.1 Å². The van der Waals surface area contributed by atoms with Gasteiger partial charge in [-0.05, 0) is 6.42 Å². The van der Waals surface area contributed by atoms with Gasteiger partial charge in [0.05, 0.1) is 5.75 Å². The van der Waals surface area contributed by atoms with Crippen LogP contribution in [-0.4, -0.2) is 31.6 Å². The van der Waals surface area contributed by atoms with Crippen molar-refractivity contribution >= 4 is 10.0 Å². The Balaban J connectivity index is 4.37. The van der Waals surface area contributed by atoms with Crippen molar-refractivity contribution in [3.8, 4) is 0 Å². The first-order chi connectivity index (χ1) is 5.58. The molecule has 0 saturated heterocycles. The van der Waals surface area contributed by atoms with Crippen LogP contribution in [-0.2, 0) is 10.0 Å². The van der Waals surface area contributed by atoms with Crippen molar-refractivity contribution < 1.29 is 8.42 Å². The summed E-state index contributed by atoms with van der Waals surface area (Å²) in [5.74, 6) is 0.231. The molecule has 0 atom stereocenters. The molecule has 0 unspecified atom stereocenters. The Kier molecular flexibility index (Phi) is 5.17. The van der Waals surface area contributed by atoms with Crippen LogP contribution >= 0.6 is 0 Å². The SMILES string of the molecule is C=CCN(CC)S(=O)(=O)CCC. The van der Waals surface area contributed by atoms with Crippen LogP contribution in [0.3, 0.4) is 0 Å². The number of sulfonamides is 1. The van der Waals surface area contributed by atoms with Crippen LogP contribution in [0.5, 0.6) is 0 Å². The number of rotatable bonds is 6. The summed E-state index contributed by atoms with van der Waals surface area (Å²) in [5.41, 5.74) is 0. The number of hydrogen-bond acceptors (Lipinski definition) is 2. The van der Waals surface area contributed by atoms with Crippen LogP contribution in [0.1, 0.15) is 20.3 Å². The van der Waals surface area contributed by atoms with Crippen LogP contribution in [0.25, 0.3) is 0 Å². The minimum Gasteiger partial charge on any atom is -0.212 e. The Morgan fingerprint density at radius 2 is 2.00 bits per heavy atom. The lowest BCUT2D eigenvalue weighted by molar-refractivity contribution is 0.459. The van der Waals surface area contributed by atoms with E-state index in [9.17, 15) is 8.42 Å². The highest BCUT2D eigenvalue weighted by Gasteiger charge is 2.16. The molecule has 0 spiro atoms. The van der Waals surface area contributed by atoms with Crippen molar-refractivity contribution in [2.45, 2.75) is 20.3 Å². The van der Waals surface area contributed by atoms with E-state index in [1.54, 1.807) is 6.08 Å². The predicted octanol–water partition coefficient (Wildman–Crippen LogP) is 1.23. The zero-order valence-electron chi connectivity index (χ0n) is 7.78. The van der Waals surface area contributed by atoms with E-state index in [-0.39, 0.29) is 5.75 Å². The Bertz CT molecular complexity index is 221. The van der Waals surface area contributed by atoms with E-state index in [4.69, 9.17) is 0 Å². The monoisotopic (exact) mass is 191 g/mol. The fraction of sp³-hybridized carbons (Fsp3) is 0.750. The first-order valence-corrected chi connectivity index (χ1v) is 5.78. The molecule has 0 N–H and O–H groups in total. The Morgan fingerprint density at radius 1 is 1.42 bits per heavy atom. The predicted molar refractivity (Wildman–Crippen MR) is 51.5 cm³/mol. The summed E-state index contributed by atoms with van der Waals surface area (Å²) in [4.78, 5) is 0. The van der Waals surface area contributed by atoms with Crippen LogP contribution in [0.4, 0.5) is 0 Å². The second kappa shape index (κ2) is 5.32. The fourth-order valence-corrected chi connectivity index (χ4v) is 2.47. The lowest BCUT2D eigenvalue weighted by Crippen LogP contribution is -2.32. The first kappa shape index (κ1) is 11.6. The van der Waals surface area contributed by atoms with Gasteiger partial charge in [-0.25, -0.2) is 8.42 Å². The summed E-state index contributed by atoms with van der Waals surface area (Å²) in [7, 11) is -3.02. The Morgan fingerprint density at radius 3 is 2.33 bits per heavy atom. The second-order valence-electron chi connectivity index (χ2n) is 2.56. The van der Waals surface area contributed by atoms with Gasteiger partial charge in [-0.1, -0.05) is 19.9 Å². The maximum Gasteiger partial charge on any atom is 0.214 e. The van der Waals surface area contributed by atoms with Gasteiger partial charge in [0.25, 0.3) is 0 Å². The quantitative estimate of drug-likeness (QED) is 0.592. The third kappa shape index (κ3) is 3.36. The highest BCUT2D eigenvalue weighted by atomic mass is 32.2. The van der Waals surface area contributed by atoms with Gasteiger partial charge < -0.3 is 0 Å². The molecule has 0 aliphatic carbocycles. The molecule has 12 heavy (non-hydrogen) atoms. The molecule has 0 aliphatic rings. The average Bonchev–Trinajstić information content (AvgIpc) is 1.99. The summed E-state index contributed by atoms with van der Waals surface area (Å²) in [6.45, 7) is 8.14. The summed E-state index contributed by atoms with van der Waals surface area (Å²) >= 11 is 0. The van der Waals surface area contributed by atoms with Gasteiger partial charge >= 0.3 is 0 Å². The van der Waals surface area contributed by atoms with Gasteiger partial charge in [0, 0.05) is 13.1 Å². The maximum absolute atomic E-state index is 11.4. The lowest BCUT2D eigenvalue weighted by Gasteiger charge is -2.17. The molecule has 72 valence electrons. The number of hydrogen-bond donors (Lipinski definition) is 0. The van der Waals surface area contributed by atoms with E-state index in [1.165, 1.54) is 4.31 Å². The van der Waals surface area contributed by atoms with Gasteiger partial charge in [-0.15, -0.1) is 6.58 Å². The van der Waals surface area contributed by atoms with E-state index in [0.29, 0.717) is 19.5 Å². The standard InChI is InChI=1S/C8H17NO2S/c1-4-7-9(6-3)12(10,11)8-5-2/h4H,1,5-8H2,2-3H3. The minimum atomic E-state index is -3.02. The average molecular weight is 191 g/mol. The zero-order valence-corrected chi connectivity index (χ0v) is 8.60. The van der Waals surface area contributed by atoms with Gasteiger partial charge in [-0.2, -0.15) is 4.31 Å². The molecule has 0 amide bonds. The van der Waals surface area contributed by atoms with Gasteiger partial charge in [-0.3, -0.25) is 0 Å². The summed E-state index contributed by atoms with van der Waals surface area (Å²) in [6, 6.07) is 0. The molecule has 0 aromatic heterocycles. The summed E-state index contributed by atoms with van der Waals surface area (Å²) in [5, 5.41) is 0. The maximum atomic E-state index is 11.4. The Hall–Kier alpha value is -0.350. The van der Waals surface area contributed by atoms with Crippen LogP contribution in [0.2, 0.25) is 0 Å². The van der Waals surface area contributed by atoms with E-state index in [0.717, 1.165) is 0 Å². The molecular formula is C8H17NO2S. The van der Waals surface area contributed by atoms with Gasteiger partial charge in [0.1, 0.15) is 0 Å². The topological polar surface area (TPSA) is 37.4 Å². The third-order valence-electron chi connectivity index (χ3n) is 1.54. The van der Waals surface area contributed by atoms with Crippen molar-refractivity contribution in [2.75, 3.05) is 18.8 Å². The van der Waals surface area contributed by atoms with E-state index in [1.807, 2.05) is 13.8 Å². The summed E-state index contributed by atoms with van der Waals surface area (Å²) in [6.07, 6.45) is 2.27. The molecule has 0 aromatic rings. The van der Waals surface area contributed by atoms with Crippen LogP contribution < -0.4 is 0 Å². The molecule has 4 heteroatoms. The fourth-order valence-electron chi connectivity index (χ4n) is 0.970. The molecule has 0 radical (unpaired) electrons. The molecule has 0 heterocycles. The molecule has 0 aromatic carbocycles. The normalized spacial score (nSPS) is 11.9. The van der Waals surface area contributed by atoms with Crippen molar-refractivity contribution in [3.05, 3.63) is 12.7 Å². The smallest absolute Gasteiger partial charge is 0.212 e. The molecular weight excluding hydrogens is 174 g/mol. The highest BCUT2D eigenvalue weighted by Crippen LogP contribution is 2.02. The molecule has 0 saturated carbocycles. The third-order valence-corrected chi connectivity index (χ3v) is 3.66. The van der Waals surface area contributed by atoms with E-state index < -0.39 is 10.0 Å². The second-order valence-corrected chi connectivity index (χ2v) is 4.64. The van der Waals surface area contributed by atoms with Crippen molar-refractivity contribution in [1.29, 1.82) is 0 Å². The largest absolute Gasteiger partial charge is 0.214 e. The van der Waals surface area contributed by atoms with Gasteiger partial charge in [0.2, 0.25) is 10.0 Å². The zero-order chi connectivity index (χ0) is 9.61. The van der Waals surface area contributed by atoms with Gasteiger partial charge in [0.15, 0.2) is 0 Å². The molecule has 0 aliphatic heterocycles. The molecule has 0 bridgehead atoms. The lowest BCUT2D eigenvalue weighted by atomic mass is 10.6. The number of likely N-dealkylation sites (N-methyl/N-ethyl adjacent to an activating group) is 1. The van der Waals surface area contributed by atoms with E-state index in [2.05, 4.69) is 6.58 Å². The van der Waals surface area contributed by atoms with Crippen molar-refractivity contribution in [3.63, 3.8) is 0 Å². The van der Waals surface area contributed by atoms with E-state index >= 15 is 0 Å². The summed E-state index contributed by atoms with van der Waals surface area (Å²) < 4.78 is 24.3. The molecule has 0 rings (SSSR count). The van der Waals surface area contributed by atoms with Crippen molar-refractivity contribution in [1.82, 2.24) is 4.31 Å². The van der Waals surface area contributed by atoms with Crippen LogP contribution in [0.15, 0.2) is 12.7 Å². The minimum absolute atomic E-state index is 0.231. The highest BCUT2D eigenvalue weighted by molar-refractivity contribution is 7.89. The first-order valence-electron chi connectivity index (χ1n) is 4.17. The molecule has 0 fully saturated rings. The molecule has 3 nitrogen and oxygen atoms in total. The van der Waals surface area contributed by atoms with Crippen molar-refractivity contribution in [2.24, 2.45) is 0 Å².